The SMILES string of the molecule is CCN1CCOC(CNC(=O)Nc2cccc(N)c2)C1. The van der Waals surface area contributed by atoms with Crippen molar-refractivity contribution in [2.24, 2.45) is 0 Å². The normalized spacial score (nSPS) is 19.6. The highest BCUT2D eigenvalue weighted by molar-refractivity contribution is 5.89. The second-order valence-electron chi connectivity index (χ2n) is 4.85. The molecule has 0 aromatic heterocycles. The molecule has 1 saturated heterocycles. The van der Waals surface area contributed by atoms with Crippen LogP contribution in [0.3, 0.4) is 0 Å². The molecular weight excluding hydrogens is 256 g/mol. The molecular formula is C14H22N4O2. The van der Waals surface area contributed by atoms with Crippen LogP contribution in [0.15, 0.2) is 24.3 Å². The minimum absolute atomic E-state index is 0.0512. The number of urea groups is 1. The molecule has 1 aromatic carbocycles. The maximum absolute atomic E-state index is 11.8. The fourth-order valence-electron chi connectivity index (χ4n) is 2.19. The van der Waals surface area contributed by atoms with Crippen molar-refractivity contribution in [2.75, 3.05) is 43.8 Å². The molecule has 1 atom stereocenters. The number of rotatable bonds is 4. The summed E-state index contributed by atoms with van der Waals surface area (Å²) in [5, 5.41) is 5.57. The van der Waals surface area contributed by atoms with Gasteiger partial charge in [0, 0.05) is 31.0 Å². The van der Waals surface area contributed by atoms with Crippen molar-refractivity contribution in [2.45, 2.75) is 13.0 Å². The Labute approximate surface area is 119 Å². The predicted molar refractivity (Wildman–Crippen MR) is 79.7 cm³/mol. The second kappa shape index (κ2) is 7.12. The number of nitrogens with zero attached hydrogens (tertiary/aromatic N) is 1. The second-order valence-corrected chi connectivity index (χ2v) is 4.85. The van der Waals surface area contributed by atoms with Gasteiger partial charge in [-0.1, -0.05) is 13.0 Å². The van der Waals surface area contributed by atoms with Crippen molar-refractivity contribution in [3.05, 3.63) is 24.3 Å². The maximum atomic E-state index is 11.8. The molecule has 0 spiro atoms. The molecule has 1 fully saturated rings. The Morgan fingerprint density at radius 2 is 2.40 bits per heavy atom. The van der Waals surface area contributed by atoms with E-state index in [1.165, 1.54) is 0 Å². The minimum Gasteiger partial charge on any atom is -0.399 e. The van der Waals surface area contributed by atoms with E-state index in [1.807, 2.05) is 0 Å². The van der Waals surface area contributed by atoms with Crippen molar-refractivity contribution in [3.63, 3.8) is 0 Å². The zero-order valence-corrected chi connectivity index (χ0v) is 11.8. The van der Waals surface area contributed by atoms with E-state index in [4.69, 9.17) is 10.5 Å². The van der Waals surface area contributed by atoms with Crippen molar-refractivity contribution >= 4 is 17.4 Å². The van der Waals surface area contributed by atoms with E-state index in [9.17, 15) is 4.79 Å². The van der Waals surface area contributed by atoms with Crippen molar-refractivity contribution in [1.82, 2.24) is 10.2 Å². The van der Waals surface area contributed by atoms with Gasteiger partial charge in [-0.2, -0.15) is 0 Å². The van der Waals surface area contributed by atoms with E-state index in [1.54, 1.807) is 24.3 Å². The lowest BCUT2D eigenvalue weighted by Gasteiger charge is -2.32. The molecule has 20 heavy (non-hydrogen) atoms. The molecule has 0 aliphatic carbocycles. The molecule has 0 radical (unpaired) electrons. The summed E-state index contributed by atoms with van der Waals surface area (Å²) in [5.74, 6) is 0. The van der Waals surface area contributed by atoms with Gasteiger partial charge in [0.15, 0.2) is 0 Å². The van der Waals surface area contributed by atoms with Crippen LogP contribution in [0.2, 0.25) is 0 Å². The van der Waals surface area contributed by atoms with Gasteiger partial charge in [0.05, 0.1) is 12.7 Å². The summed E-state index contributed by atoms with van der Waals surface area (Å²) in [6, 6.07) is 6.85. The largest absolute Gasteiger partial charge is 0.399 e. The number of benzene rings is 1. The third-order valence-corrected chi connectivity index (χ3v) is 3.30. The minimum atomic E-state index is -0.243. The summed E-state index contributed by atoms with van der Waals surface area (Å²) in [6.45, 7) is 6.18. The van der Waals surface area contributed by atoms with Gasteiger partial charge in [-0.15, -0.1) is 0 Å². The number of hydrogen-bond donors (Lipinski definition) is 3. The van der Waals surface area contributed by atoms with Crippen molar-refractivity contribution in [3.8, 4) is 0 Å². The summed E-state index contributed by atoms with van der Waals surface area (Å²) in [7, 11) is 0. The number of carbonyl (C=O) groups excluding carboxylic acids is 1. The highest BCUT2D eigenvalue weighted by Crippen LogP contribution is 2.11. The van der Waals surface area contributed by atoms with E-state index in [-0.39, 0.29) is 12.1 Å². The third kappa shape index (κ3) is 4.40. The third-order valence-electron chi connectivity index (χ3n) is 3.30. The molecule has 1 aliphatic heterocycles. The van der Waals surface area contributed by atoms with Gasteiger partial charge in [-0.3, -0.25) is 4.90 Å². The number of ether oxygens (including phenoxy) is 1. The Balaban J connectivity index is 1.75. The van der Waals surface area contributed by atoms with Gasteiger partial charge in [0.1, 0.15) is 0 Å². The first-order valence-corrected chi connectivity index (χ1v) is 6.91. The summed E-state index contributed by atoms with van der Waals surface area (Å²) in [5.41, 5.74) is 6.96. The summed E-state index contributed by atoms with van der Waals surface area (Å²) >= 11 is 0. The Hall–Kier alpha value is -1.79. The number of morpholine rings is 1. The predicted octanol–water partition coefficient (Wildman–Crippen LogP) is 1.11. The molecule has 1 unspecified atom stereocenters. The van der Waals surface area contributed by atoms with Crippen molar-refractivity contribution < 1.29 is 9.53 Å². The van der Waals surface area contributed by atoms with Crippen LogP contribution in [0, 0.1) is 0 Å². The van der Waals surface area contributed by atoms with Gasteiger partial charge in [0.25, 0.3) is 0 Å². The fourth-order valence-corrected chi connectivity index (χ4v) is 2.19. The van der Waals surface area contributed by atoms with Gasteiger partial charge >= 0.3 is 6.03 Å². The van der Waals surface area contributed by atoms with Gasteiger partial charge in [-0.05, 0) is 24.7 Å². The Kier molecular flexibility index (Phi) is 5.20. The Morgan fingerprint density at radius 1 is 1.55 bits per heavy atom. The molecule has 4 N–H and O–H groups in total. The number of likely N-dealkylation sites (N-methyl/N-ethyl adjacent to an activating group) is 1. The molecule has 1 heterocycles. The highest BCUT2D eigenvalue weighted by atomic mass is 16.5. The average molecular weight is 278 g/mol. The van der Waals surface area contributed by atoms with E-state index in [0.717, 1.165) is 26.2 Å². The quantitative estimate of drug-likeness (QED) is 0.721. The molecule has 6 nitrogen and oxygen atoms in total. The average Bonchev–Trinajstić information content (AvgIpc) is 2.45. The van der Waals surface area contributed by atoms with Crippen LogP contribution in [0.5, 0.6) is 0 Å². The fraction of sp³-hybridized carbons (Fsp3) is 0.500. The monoisotopic (exact) mass is 278 g/mol. The molecule has 0 saturated carbocycles. The topological polar surface area (TPSA) is 79.6 Å². The zero-order valence-electron chi connectivity index (χ0n) is 11.8. The van der Waals surface area contributed by atoms with E-state index < -0.39 is 0 Å². The molecule has 2 amide bonds. The molecule has 6 heteroatoms. The molecule has 1 aromatic rings. The lowest BCUT2D eigenvalue weighted by molar-refractivity contribution is -0.0238. The number of carbonyl (C=O) groups is 1. The lowest BCUT2D eigenvalue weighted by atomic mass is 10.2. The smallest absolute Gasteiger partial charge is 0.319 e. The number of hydrogen-bond acceptors (Lipinski definition) is 4. The zero-order chi connectivity index (χ0) is 14.4. The lowest BCUT2D eigenvalue weighted by Crippen LogP contribution is -2.47. The highest BCUT2D eigenvalue weighted by Gasteiger charge is 2.19. The summed E-state index contributed by atoms with van der Waals surface area (Å²) in [4.78, 5) is 14.1. The van der Waals surface area contributed by atoms with Crippen LogP contribution in [0.4, 0.5) is 16.2 Å². The van der Waals surface area contributed by atoms with Crippen LogP contribution in [-0.4, -0.2) is 49.8 Å². The summed E-state index contributed by atoms with van der Waals surface area (Å²) in [6.07, 6.45) is 0.0512. The first-order chi connectivity index (χ1) is 9.67. The van der Waals surface area contributed by atoms with Crippen LogP contribution in [0.25, 0.3) is 0 Å². The number of nitrogen functional groups attached to an aromatic ring is 1. The van der Waals surface area contributed by atoms with Gasteiger partial charge < -0.3 is 21.1 Å². The molecule has 1 aliphatic rings. The Morgan fingerprint density at radius 3 is 3.15 bits per heavy atom. The van der Waals surface area contributed by atoms with Gasteiger partial charge in [0.2, 0.25) is 0 Å². The molecule has 0 bridgehead atoms. The number of amides is 2. The van der Waals surface area contributed by atoms with E-state index in [2.05, 4.69) is 22.5 Å². The van der Waals surface area contributed by atoms with Gasteiger partial charge in [-0.25, -0.2) is 4.79 Å². The van der Waals surface area contributed by atoms with Crippen LogP contribution in [0.1, 0.15) is 6.92 Å². The van der Waals surface area contributed by atoms with Crippen molar-refractivity contribution in [1.29, 1.82) is 0 Å². The molecule has 2 rings (SSSR count). The van der Waals surface area contributed by atoms with Crippen LogP contribution in [-0.2, 0) is 4.74 Å². The summed E-state index contributed by atoms with van der Waals surface area (Å²) < 4.78 is 5.63. The van der Waals surface area contributed by atoms with Crippen LogP contribution < -0.4 is 16.4 Å². The molecule has 110 valence electrons. The van der Waals surface area contributed by atoms with E-state index >= 15 is 0 Å². The standard InChI is InChI=1S/C14H22N4O2/c1-2-18-6-7-20-13(10-18)9-16-14(19)17-12-5-3-4-11(15)8-12/h3-5,8,13H,2,6-7,9-10,15H2,1H3,(H2,16,17,19). The van der Waals surface area contributed by atoms with E-state index in [0.29, 0.717) is 17.9 Å². The first kappa shape index (κ1) is 14.6. The number of anilines is 2. The maximum Gasteiger partial charge on any atom is 0.319 e. The number of nitrogens with two attached hydrogens (primary N) is 1. The Bertz CT molecular complexity index is 453. The first-order valence-electron chi connectivity index (χ1n) is 6.91. The number of nitrogens with one attached hydrogen (secondary N) is 2. The van der Waals surface area contributed by atoms with Crippen LogP contribution >= 0.6 is 0 Å².